The average Bonchev–Trinajstić information content (AvgIpc) is 3.01. The van der Waals surface area contributed by atoms with E-state index in [9.17, 15) is 4.79 Å². The fourth-order valence-corrected chi connectivity index (χ4v) is 3.32. The molecule has 2 aliphatic rings. The van der Waals surface area contributed by atoms with E-state index in [1.807, 2.05) is 24.3 Å². The molecule has 1 saturated heterocycles. The number of hydrogen-bond donors (Lipinski definition) is 2. The molecule has 2 aromatic rings. The van der Waals surface area contributed by atoms with Gasteiger partial charge >= 0.3 is 0 Å². The van der Waals surface area contributed by atoms with Gasteiger partial charge in [-0.3, -0.25) is 9.69 Å². The minimum atomic E-state index is -0.0687. The fourth-order valence-electron chi connectivity index (χ4n) is 3.32. The van der Waals surface area contributed by atoms with Gasteiger partial charge in [0.25, 0.3) is 5.91 Å². The monoisotopic (exact) mass is 349 g/mol. The zero-order valence-electron chi connectivity index (χ0n) is 14.7. The van der Waals surface area contributed by atoms with Crippen LogP contribution in [0, 0.1) is 0 Å². The summed E-state index contributed by atoms with van der Waals surface area (Å²) in [6, 6.07) is 16.1. The van der Waals surface area contributed by atoms with Crippen LogP contribution in [-0.4, -0.2) is 43.7 Å². The van der Waals surface area contributed by atoms with Gasteiger partial charge in [-0.15, -0.1) is 0 Å². The van der Waals surface area contributed by atoms with Gasteiger partial charge < -0.3 is 15.4 Å². The highest BCUT2D eigenvalue weighted by Gasteiger charge is 2.23. The maximum Gasteiger partial charge on any atom is 0.257 e. The first-order valence-corrected chi connectivity index (χ1v) is 9.06. The van der Waals surface area contributed by atoms with Crippen molar-refractivity contribution in [1.82, 2.24) is 4.90 Å². The maximum absolute atomic E-state index is 12.1. The summed E-state index contributed by atoms with van der Waals surface area (Å²) in [5, 5.41) is 6.12. The summed E-state index contributed by atoms with van der Waals surface area (Å²) in [6.07, 6.45) is 2.82. The van der Waals surface area contributed by atoms with Crippen LogP contribution in [0.25, 0.3) is 5.57 Å². The Labute approximate surface area is 153 Å². The number of carbonyl (C=O) groups is 1. The molecule has 5 heteroatoms. The molecule has 0 saturated carbocycles. The van der Waals surface area contributed by atoms with Crippen molar-refractivity contribution in [3.8, 4) is 0 Å². The van der Waals surface area contributed by atoms with Crippen LogP contribution in [-0.2, 0) is 16.0 Å². The second-order valence-corrected chi connectivity index (χ2v) is 6.60. The molecule has 0 unspecified atom stereocenters. The van der Waals surface area contributed by atoms with Gasteiger partial charge in [0.05, 0.1) is 18.8 Å². The number of anilines is 2. The number of benzene rings is 2. The lowest BCUT2D eigenvalue weighted by atomic mass is 10.1. The molecule has 0 atom stereocenters. The third-order valence-electron chi connectivity index (χ3n) is 4.87. The number of amides is 1. The molecule has 1 amide bonds. The van der Waals surface area contributed by atoms with Crippen LogP contribution in [0.4, 0.5) is 11.4 Å². The van der Waals surface area contributed by atoms with Gasteiger partial charge in [-0.25, -0.2) is 0 Å². The van der Waals surface area contributed by atoms with Gasteiger partial charge in [0.15, 0.2) is 0 Å². The molecule has 4 rings (SSSR count). The zero-order chi connectivity index (χ0) is 17.8. The van der Waals surface area contributed by atoms with E-state index in [-0.39, 0.29) is 5.91 Å². The lowest BCUT2D eigenvalue weighted by molar-refractivity contribution is -0.110. The first-order chi connectivity index (χ1) is 12.8. The van der Waals surface area contributed by atoms with Gasteiger partial charge in [-0.1, -0.05) is 30.3 Å². The summed E-state index contributed by atoms with van der Waals surface area (Å²) in [5.41, 5.74) is 4.76. The van der Waals surface area contributed by atoms with E-state index in [0.717, 1.165) is 56.2 Å². The number of nitrogens with one attached hydrogen (secondary N) is 2. The number of rotatable bonds is 5. The van der Waals surface area contributed by atoms with Crippen molar-refractivity contribution in [2.75, 3.05) is 43.5 Å². The molecule has 2 aliphatic heterocycles. The second kappa shape index (κ2) is 7.72. The third kappa shape index (κ3) is 3.79. The Hall–Kier alpha value is -2.63. The summed E-state index contributed by atoms with van der Waals surface area (Å²) in [5.74, 6) is -0.0687. The number of para-hydroxylation sites is 1. The van der Waals surface area contributed by atoms with Crippen molar-refractivity contribution >= 4 is 22.9 Å². The molecule has 26 heavy (non-hydrogen) atoms. The number of fused-ring (bicyclic) bond motifs is 1. The Morgan fingerprint density at radius 2 is 1.85 bits per heavy atom. The number of morpholine rings is 1. The molecule has 2 aromatic carbocycles. The molecule has 134 valence electrons. The fraction of sp³-hybridized carbons (Fsp3) is 0.286. The standard InChI is InChI=1S/C21H23N3O2/c25-21-19(18-3-1-2-4-20(18)23-21)15-22-17-7-5-16(6-8-17)9-10-24-11-13-26-14-12-24/h1-8,15,22H,9-14H2,(H,23,25)/b19-15-. The number of hydrogen-bond acceptors (Lipinski definition) is 4. The molecule has 1 fully saturated rings. The van der Waals surface area contributed by atoms with Crippen LogP contribution < -0.4 is 10.6 Å². The second-order valence-electron chi connectivity index (χ2n) is 6.60. The summed E-state index contributed by atoms with van der Waals surface area (Å²) < 4.78 is 5.38. The van der Waals surface area contributed by atoms with E-state index in [0.29, 0.717) is 5.57 Å². The molecule has 0 bridgehead atoms. The van der Waals surface area contributed by atoms with Crippen LogP contribution in [0.15, 0.2) is 54.7 Å². The van der Waals surface area contributed by atoms with E-state index in [4.69, 9.17) is 4.74 Å². The molecule has 5 nitrogen and oxygen atoms in total. The SMILES string of the molecule is O=C1Nc2ccccc2/C1=C/Nc1ccc(CCN2CCOCC2)cc1. The van der Waals surface area contributed by atoms with Crippen LogP contribution in [0.2, 0.25) is 0 Å². The van der Waals surface area contributed by atoms with Crippen molar-refractivity contribution < 1.29 is 9.53 Å². The van der Waals surface area contributed by atoms with Crippen LogP contribution >= 0.6 is 0 Å². The molecular weight excluding hydrogens is 326 g/mol. The quantitative estimate of drug-likeness (QED) is 0.815. The highest BCUT2D eigenvalue weighted by atomic mass is 16.5. The van der Waals surface area contributed by atoms with E-state index in [2.05, 4.69) is 39.8 Å². The molecule has 2 N–H and O–H groups in total. The highest BCUT2D eigenvalue weighted by Crippen LogP contribution is 2.31. The molecule has 2 heterocycles. The van der Waals surface area contributed by atoms with E-state index < -0.39 is 0 Å². The van der Waals surface area contributed by atoms with E-state index in [1.165, 1.54) is 5.56 Å². The highest BCUT2D eigenvalue weighted by molar-refractivity contribution is 6.31. The Bertz CT molecular complexity index is 808. The maximum atomic E-state index is 12.1. The van der Waals surface area contributed by atoms with Crippen LogP contribution in [0.1, 0.15) is 11.1 Å². The largest absolute Gasteiger partial charge is 0.379 e. The Morgan fingerprint density at radius 3 is 2.65 bits per heavy atom. The van der Waals surface area contributed by atoms with Gasteiger partial charge in [-0.2, -0.15) is 0 Å². The van der Waals surface area contributed by atoms with Gasteiger partial charge in [0, 0.05) is 42.8 Å². The van der Waals surface area contributed by atoms with Gasteiger partial charge in [-0.05, 0) is 30.2 Å². The molecule has 0 aliphatic carbocycles. The summed E-state index contributed by atoms with van der Waals surface area (Å²) in [7, 11) is 0. The minimum Gasteiger partial charge on any atom is -0.379 e. The van der Waals surface area contributed by atoms with Crippen molar-refractivity contribution in [2.45, 2.75) is 6.42 Å². The smallest absolute Gasteiger partial charge is 0.257 e. The summed E-state index contributed by atoms with van der Waals surface area (Å²) >= 11 is 0. The minimum absolute atomic E-state index is 0.0687. The number of ether oxygens (including phenoxy) is 1. The lowest BCUT2D eigenvalue weighted by Crippen LogP contribution is -2.37. The first-order valence-electron chi connectivity index (χ1n) is 9.06. The molecule has 0 radical (unpaired) electrons. The van der Waals surface area contributed by atoms with Crippen molar-refractivity contribution in [1.29, 1.82) is 0 Å². The predicted molar refractivity (Wildman–Crippen MR) is 104 cm³/mol. The average molecular weight is 349 g/mol. The lowest BCUT2D eigenvalue weighted by Gasteiger charge is -2.26. The van der Waals surface area contributed by atoms with E-state index >= 15 is 0 Å². The number of nitrogens with zero attached hydrogens (tertiary/aromatic N) is 1. The Morgan fingerprint density at radius 1 is 1.08 bits per heavy atom. The van der Waals surface area contributed by atoms with Crippen LogP contribution in [0.3, 0.4) is 0 Å². The van der Waals surface area contributed by atoms with Crippen LogP contribution in [0.5, 0.6) is 0 Å². The van der Waals surface area contributed by atoms with Gasteiger partial charge in [0.1, 0.15) is 0 Å². The topological polar surface area (TPSA) is 53.6 Å². The Kier molecular flexibility index (Phi) is 5.00. The van der Waals surface area contributed by atoms with Crippen molar-refractivity contribution in [3.63, 3.8) is 0 Å². The Balaban J connectivity index is 1.36. The van der Waals surface area contributed by atoms with Crippen molar-refractivity contribution in [2.24, 2.45) is 0 Å². The number of carbonyl (C=O) groups excluding carboxylic acids is 1. The molecular formula is C21H23N3O2. The normalized spacial score (nSPS) is 18.6. The first kappa shape index (κ1) is 16.8. The molecule has 0 aromatic heterocycles. The molecule has 0 spiro atoms. The predicted octanol–water partition coefficient (Wildman–Crippen LogP) is 2.97. The van der Waals surface area contributed by atoms with Crippen molar-refractivity contribution in [3.05, 3.63) is 65.9 Å². The summed E-state index contributed by atoms with van der Waals surface area (Å²) in [6.45, 7) is 4.80. The third-order valence-corrected chi connectivity index (χ3v) is 4.87. The van der Waals surface area contributed by atoms with Gasteiger partial charge in [0.2, 0.25) is 0 Å². The summed E-state index contributed by atoms with van der Waals surface area (Å²) in [4.78, 5) is 14.5. The van der Waals surface area contributed by atoms with E-state index in [1.54, 1.807) is 6.20 Å². The zero-order valence-corrected chi connectivity index (χ0v) is 14.7.